The van der Waals surface area contributed by atoms with Gasteiger partial charge in [0.05, 0.1) is 0 Å². The predicted octanol–water partition coefficient (Wildman–Crippen LogP) is 1.73. The van der Waals surface area contributed by atoms with Crippen LogP contribution in [0.3, 0.4) is 0 Å². The molecule has 0 fully saturated rings. The molecule has 0 aliphatic heterocycles. The van der Waals surface area contributed by atoms with Crippen LogP contribution in [0.4, 0.5) is 0 Å². The van der Waals surface area contributed by atoms with E-state index in [0.717, 1.165) is 28.3 Å². The van der Waals surface area contributed by atoms with Gasteiger partial charge in [-0.3, -0.25) is 0 Å². The van der Waals surface area contributed by atoms with Crippen LogP contribution in [0.15, 0.2) is 23.0 Å². The Morgan fingerprint density at radius 1 is 1.68 bits per heavy atom. The molecule has 0 saturated carbocycles. The van der Waals surface area contributed by atoms with E-state index in [4.69, 9.17) is 4.74 Å². The average molecular weight is 275 g/mol. The topological polar surface area (TPSA) is 84.4 Å². The van der Waals surface area contributed by atoms with Crippen molar-refractivity contribution in [3.05, 3.63) is 34.6 Å². The van der Waals surface area contributed by atoms with Crippen molar-refractivity contribution in [2.24, 2.45) is 4.58 Å². The van der Waals surface area contributed by atoms with Crippen molar-refractivity contribution in [2.75, 3.05) is 7.11 Å². The molecule has 2 aromatic rings. The Kier molecular flexibility index (Phi) is 4.46. The molecule has 0 amide bonds. The summed E-state index contributed by atoms with van der Waals surface area (Å²) in [6.45, 7) is 0. The van der Waals surface area contributed by atoms with Crippen LogP contribution in [-0.2, 0) is 11.2 Å². The molecular formula is C11H10BN3O3S. The van der Waals surface area contributed by atoms with E-state index in [1.54, 1.807) is 24.6 Å². The Morgan fingerprint density at radius 2 is 2.53 bits per heavy atom. The summed E-state index contributed by atoms with van der Waals surface area (Å²) in [5, 5.41) is 0.907. The van der Waals surface area contributed by atoms with Gasteiger partial charge in [0.1, 0.15) is 0 Å². The summed E-state index contributed by atoms with van der Waals surface area (Å²) in [5.74, 6) is 1.27. The predicted molar refractivity (Wildman–Crippen MR) is 76.3 cm³/mol. The van der Waals surface area contributed by atoms with E-state index in [1.165, 1.54) is 7.11 Å². The number of carbonyl (C=O) groups is 1. The molecule has 0 atom stereocenters. The molecular weight excluding hydrogens is 265 g/mol. The number of rotatable bonds is 5. The third-order valence-electron chi connectivity index (χ3n) is 2.61. The van der Waals surface area contributed by atoms with E-state index < -0.39 is 5.97 Å². The van der Waals surface area contributed by atoms with Gasteiger partial charge in [0.15, 0.2) is 0 Å². The van der Waals surface area contributed by atoms with Gasteiger partial charge in [0.25, 0.3) is 0 Å². The molecule has 0 saturated heterocycles. The number of aromatic amines is 1. The van der Waals surface area contributed by atoms with Gasteiger partial charge in [-0.25, -0.2) is 0 Å². The number of nitrogens with zero attached hydrogens (tertiary/aromatic N) is 2. The van der Waals surface area contributed by atoms with Crippen molar-refractivity contribution in [1.82, 2.24) is 9.97 Å². The fourth-order valence-electron chi connectivity index (χ4n) is 1.80. The molecule has 6 nitrogen and oxygen atoms in total. The number of pyridine rings is 1. The molecule has 0 spiro atoms. The Hall–Kier alpha value is -1.96. The van der Waals surface area contributed by atoms with Gasteiger partial charge < -0.3 is 0 Å². The van der Waals surface area contributed by atoms with Crippen molar-refractivity contribution >= 4 is 40.8 Å². The zero-order chi connectivity index (χ0) is 13.7. The first-order valence-corrected chi connectivity index (χ1v) is 6.28. The van der Waals surface area contributed by atoms with Crippen molar-refractivity contribution in [3.63, 3.8) is 0 Å². The van der Waals surface area contributed by atoms with E-state index in [2.05, 4.69) is 14.6 Å². The SMILES string of the molecule is COC(=O)c1ncc2[nH]ccc2c1CC=BSN=O. The number of methoxy groups -OCH3 is 1. The number of hydrogen-bond donors (Lipinski definition) is 1. The number of hydrogen-bond acceptors (Lipinski definition) is 6. The number of esters is 1. The molecule has 2 aromatic heterocycles. The molecule has 96 valence electrons. The standard InChI is InChI=1S/C11H10BN3O3S/c1-18-11(16)10-8(2-4-12-19-15-17)7-3-5-13-9(7)6-14-10/h3-6,13H,2H2,1H3. The molecule has 0 unspecified atom stereocenters. The van der Waals surface area contributed by atoms with Crippen LogP contribution in [0.1, 0.15) is 16.1 Å². The molecule has 8 heteroatoms. The van der Waals surface area contributed by atoms with Gasteiger partial charge in [-0.1, -0.05) is 0 Å². The number of nitrogens with one attached hydrogen (secondary N) is 1. The summed E-state index contributed by atoms with van der Waals surface area (Å²) in [6.07, 6.45) is 5.41. The Bertz CT molecular complexity index is 641. The van der Waals surface area contributed by atoms with Gasteiger partial charge in [0.2, 0.25) is 0 Å². The van der Waals surface area contributed by atoms with Crippen molar-refractivity contribution in [2.45, 2.75) is 6.42 Å². The monoisotopic (exact) mass is 275 g/mol. The summed E-state index contributed by atoms with van der Waals surface area (Å²) in [7, 11) is 1.32. The molecule has 0 aliphatic carbocycles. The van der Waals surface area contributed by atoms with E-state index >= 15 is 0 Å². The number of H-pyrrole nitrogens is 1. The second-order valence-corrected chi connectivity index (χ2v) is 4.27. The fraction of sp³-hybridized carbons (Fsp3) is 0.182. The first-order valence-electron chi connectivity index (χ1n) is 5.44. The molecule has 2 heterocycles. The molecule has 0 aliphatic rings. The third kappa shape index (κ3) is 2.90. The summed E-state index contributed by atoms with van der Waals surface area (Å²) < 4.78 is 7.38. The minimum atomic E-state index is -0.479. The number of aromatic nitrogens is 2. The summed E-state index contributed by atoms with van der Waals surface area (Å²) in [4.78, 5) is 28.8. The van der Waals surface area contributed by atoms with Crippen LogP contribution in [0, 0.1) is 4.91 Å². The maximum atomic E-state index is 11.7. The van der Waals surface area contributed by atoms with Gasteiger partial charge in [-0.05, 0) is 0 Å². The first-order chi connectivity index (χ1) is 9.27. The van der Waals surface area contributed by atoms with Crippen molar-refractivity contribution in [1.29, 1.82) is 0 Å². The van der Waals surface area contributed by atoms with E-state index in [0.29, 0.717) is 6.42 Å². The van der Waals surface area contributed by atoms with Crippen molar-refractivity contribution < 1.29 is 9.53 Å². The maximum absolute atomic E-state index is 11.7. The number of carbonyl (C=O) groups excluding carboxylic acids is 1. The molecule has 0 aromatic carbocycles. The van der Waals surface area contributed by atoms with Crippen LogP contribution >= 0.6 is 11.8 Å². The molecule has 2 rings (SSSR count). The van der Waals surface area contributed by atoms with E-state index in [9.17, 15) is 9.70 Å². The van der Waals surface area contributed by atoms with Crippen LogP contribution in [0.2, 0.25) is 0 Å². The summed E-state index contributed by atoms with van der Waals surface area (Å²) in [6, 6.07) is 1.87. The number of ether oxygens (including phenoxy) is 1. The van der Waals surface area contributed by atoms with E-state index in [-0.39, 0.29) is 5.69 Å². The van der Waals surface area contributed by atoms with Crippen LogP contribution in [-0.4, -0.2) is 35.2 Å². The zero-order valence-corrected chi connectivity index (χ0v) is 10.9. The van der Waals surface area contributed by atoms with Crippen molar-refractivity contribution in [3.8, 4) is 0 Å². The third-order valence-corrected chi connectivity index (χ3v) is 3.01. The summed E-state index contributed by atoms with van der Waals surface area (Å²) >= 11 is 0.799. The fourth-order valence-corrected chi connectivity index (χ4v) is 2.03. The van der Waals surface area contributed by atoms with E-state index in [1.807, 2.05) is 6.07 Å². The normalized spacial score (nSPS) is 10.6. The quantitative estimate of drug-likeness (QED) is 0.389. The van der Waals surface area contributed by atoms with Crippen LogP contribution in [0.25, 0.3) is 10.9 Å². The molecule has 19 heavy (non-hydrogen) atoms. The Balaban J connectivity index is 2.43. The minimum absolute atomic E-state index is 0.281. The number of fused-ring (bicyclic) bond motifs is 1. The molecule has 0 radical (unpaired) electrons. The average Bonchev–Trinajstić information content (AvgIpc) is 2.91. The molecule has 1 N–H and O–H groups in total. The summed E-state index contributed by atoms with van der Waals surface area (Å²) in [5.41, 5.74) is 1.88. The van der Waals surface area contributed by atoms with Gasteiger partial charge in [0, 0.05) is 0 Å². The first kappa shape index (κ1) is 13.5. The number of nitroso groups, excluding NO2 is 1. The Labute approximate surface area is 113 Å². The zero-order valence-electron chi connectivity index (χ0n) is 10.1. The Morgan fingerprint density at radius 3 is 3.26 bits per heavy atom. The van der Waals surface area contributed by atoms with Gasteiger partial charge in [-0.15, -0.1) is 0 Å². The van der Waals surface area contributed by atoms with Crippen LogP contribution < -0.4 is 0 Å². The second-order valence-electron chi connectivity index (χ2n) is 3.64. The second kappa shape index (κ2) is 6.28. The van der Waals surface area contributed by atoms with Gasteiger partial charge in [-0.2, -0.15) is 0 Å². The molecule has 0 bridgehead atoms. The van der Waals surface area contributed by atoms with Gasteiger partial charge >= 0.3 is 113 Å². The van der Waals surface area contributed by atoms with Crippen LogP contribution in [0.5, 0.6) is 0 Å².